The van der Waals surface area contributed by atoms with Crippen LogP contribution in [-0.2, 0) is 4.79 Å². The number of carbonyl (C=O) groups is 1. The number of hydrogen-bond acceptors (Lipinski definition) is 6. The van der Waals surface area contributed by atoms with Crippen molar-refractivity contribution in [2.24, 2.45) is 0 Å². The number of hydrogen-bond donors (Lipinski definition) is 1. The second-order valence-corrected chi connectivity index (χ2v) is 7.13. The first-order chi connectivity index (χ1) is 14.2. The Bertz CT molecular complexity index is 1160. The van der Waals surface area contributed by atoms with Crippen LogP contribution in [0.1, 0.15) is 0 Å². The van der Waals surface area contributed by atoms with Crippen molar-refractivity contribution in [3.8, 4) is 17.0 Å². The van der Waals surface area contributed by atoms with Crippen molar-refractivity contribution in [2.75, 3.05) is 18.2 Å². The molecule has 0 aliphatic heterocycles. The highest BCUT2D eigenvalue weighted by Crippen LogP contribution is 2.29. The van der Waals surface area contributed by atoms with E-state index in [4.69, 9.17) is 4.74 Å². The smallest absolute Gasteiger partial charge is 0.235 e. The zero-order valence-corrected chi connectivity index (χ0v) is 16.5. The summed E-state index contributed by atoms with van der Waals surface area (Å²) in [5.74, 6) is 1.22. The molecule has 1 N–H and O–H groups in total. The first-order valence-corrected chi connectivity index (χ1v) is 9.95. The second-order valence-electron chi connectivity index (χ2n) is 6.16. The molecule has 4 rings (SSSR count). The molecule has 2 aromatic heterocycles. The van der Waals surface area contributed by atoms with Crippen molar-refractivity contribution in [3.05, 3.63) is 73.2 Å². The summed E-state index contributed by atoms with van der Waals surface area (Å²) in [6, 6.07) is 19.3. The Kier molecular flexibility index (Phi) is 5.67. The van der Waals surface area contributed by atoms with E-state index in [1.807, 2.05) is 54.6 Å². The van der Waals surface area contributed by atoms with E-state index in [1.54, 1.807) is 19.4 Å². The minimum absolute atomic E-state index is 0.158. The number of nitrogens with one attached hydrogen (secondary N) is 1. The van der Waals surface area contributed by atoms with Gasteiger partial charge in [0.15, 0.2) is 0 Å². The van der Waals surface area contributed by atoms with E-state index in [0.29, 0.717) is 17.3 Å². The van der Waals surface area contributed by atoms with Crippen LogP contribution >= 0.6 is 11.8 Å². The molecule has 0 aliphatic carbocycles. The number of para-hydroxylation sites is 1. The van der Waals surface area contributed by atoms with Gasteiger partial charge in [0.05, 0.1) is 18.6 Å². The average Bonchev–Trinajstić information content (AvgIpc) is 2.78. The van der Waals surface area contributed by atoms with Gasteiger partial charge in [0.25, 0.3) is 0 Å². The topological polar surface area (TPSA) is 77.0 Å². The molecule has 7 heteroatoms. The van der Waals surface area contributed by atoms with Crippen molar-refractivity contribution in [1.82, 2.24) is 15.0 Å². The summed E-state index contributed by atoms with van der Waals surface area (Å²) >= 11 is 1.40. The molecule has 6 nitrogen and oxygen atoms in total. The minimum Gasteiger partial charge on any atom is -0.496 e. The lowest BCUT2D eigenvalue weighted by molar-refractivity contribution is -0.113. The summed E-state index contributed by atoms with van der Waals surface area (Å²) in [6.45, 7) is 0. The lowest BCUT2D eigenvalue weighted by atomic mass is 10.1. The van der Waals surface area contributed by atoms with Crippen molar-refractivity contribution >= 4 is 34.3 Å². The highest BCUT2D eigenvalue weighted by atomic mass is 32.2. The molecule has 0 atom stereocenters. The van der Waals surface area contributed by atoms with Crippen LogP contribution in [0.2, 0.25) is 0 Å². The van der Waals surface area contributed by atoms with Crippen molar-refractivity contribution in [1.29, 1.82) is 0 Å². The molecule has 0 spiro atoms. The van der Waals surface area contributed by atoms with Crippen LogP contribution in [0.25, 0.3) is 22.0 Å². The third-order valence-corrected chi connectivity index (χ3v) is 5.30. The van der Waals surface area contributed by atoms with E-state index in [2.05, 4.69) is 20.3 Å². The average molecular weight is 402 g/mol. The third-order valence-electron chi connectivity index (χ3n) is 4.29. The lowest BCUT2D eigenvalue weighted by Gasteiger charge is -2.09. The Morgan fingerprint density at radius 3 is 2.76 bits per heavy atom. The number of amides is 1. The zero-order valence-electron chi connectivity index (χ0n) is 15.7. The Hall–Kier alpha value is -3.45. The molecule has 144 valence electrons. The molecule has 0 aliphatic rings. The predicted octanol–water partition coefficient (Wildman–Crippen LogP) is 4.43. The number of ether oxygens (including phenoxy) is 1. The lowest BCUT2D eigenvalue weighted by Crippen LogP contribution is -2.15. The van der Waals surface area contributed by atoms with Crippen molar-refractivity contribution in [3.63, 3.8) is 0 Å². The normalized spacial score (nSPS) is 10.7. The fraction of sp³-hybridized carbons (Fsp3) is 0.0909. The summed E-state index contributed by atoms with van der Waals surface area (Å²) in [4.78, 5) is 25.3. The van der Waals surface area contributed by atoms with E-state index < -0.39 is 0 Å². The largest absolute Gasteiger partial charge is 0.496 e. The number of fused-ring (bicyclic) bond motifs is 1. The number of aromatic nitrogens is 3. The molecule has 0 bridgehead atoms. The molecule has 0 unspecified atom stereocenters. The quantitative estimate of drug-likeness (QED) is 0.481. The molecule has 29 heavy (non-hydrogen) atoms. The number of nitrogens with zero attached hydrogens (tertiary/aromatic N) is 3. The van der Waals surface area contributed by atoms with Gasteiger partial charge in [0.1, 0.15) is 22.9 Å². The molecule has 4 aromatic rings. The number of pyridine rings is 1. The first kappa shape index (κ1) is 18.9. The van der Waals surface area contributed by atoms with Gasteiger partial charge in [-0.2, -0.15) is 0 Å². The summed E-state index contributed by atoms with van der Waals surface area (Å²) < 4.78 is 5.39. The van der Waals surface area contributed by atoms with Gasteiger partial charge in [0, 0.05) is 23.2 Å². The summed E-state index contributed by atoms with van der Waals surface area (Å²) in [5.41, 5.74) is 1.51. The molecular formula is C22H18N4O2S. The van der Waals surface area contributed by atoms with Crippen LogP contribution in [0.5, 0.6) is 5.75 Å². The van der Waals surface area contributed by atoms with Gasteiger partial charge in [-0.3, -0.25) is 4.79 Å². The predicted molar refractivity (Wildman–Crippen MR) is 115 cm³/mol. The van der Waals surface area contributed by atoms with Crippen LogP contribution in [0, 0.1) is 0 Å². The molecule has 2 aromatic carbocycles. The Morgan fingerprint density at radius 1 is 1.03 bits per heavy atom. The third kappa shape index (κ3) is 4.35. The summed E-state index contributed by atoms with van der Waals surface area (Å²) in [6.07, 6.45) is 3.18. The van der Waals surface area contributed by atoms with Crippen molar-refractivity contribution in [2.45, 2.75) is 5.03 Å². The van der Waals surface area contributed by atoms with Crippen molar-refractivity contribution < 1.29 is 9.53 Å². The van der Waals surface area contributed by atoms with E-state index in [0.717, 1.165) is 21.4 Å². The number of thioether (sulfide) groups is 1. The van der Waals surface area contributed by atoms with Gasteiger partial charge in [-0.05, 0) is 23.6 Å². The van der Waals surface area contributed by atoms with Gasteiger partial charge in [-0.25, -0.2) is 15.0 Å². The van der Waals surface area contributed by atoms with Gasteiger partial charge < -0.3 is 10.1 Å². The number of benzene rings is 2. The van der Waals surface area contributed by atoms with Gasteiger partial charge in [-0.15, -0.1) is 0 Å². The molecule has 0 radical (unpaired) electrons. The maximum Gasteiger partial charge on any atom is 0.235 e. The summed E-state index contributed by atoms with van der Waals surface area (Å²) in [5, 5.41) is 5.79. The van der Waals surface area contributed by atoms with Gasteiger partial charge in [-0.1, -0.05) is 48.2 Å². The van der Waals surface area contributed by atoms with E-state index in [9.17, 15) is 4.79 Å². The van der Waals surface area contributed by atoms with Crippen LogP contribution in [0.3, 0.4) is 0 Å². The van der Waals surface area contributed by atoms with Crippen LogP contribution in [0.4, 0.5) is 5.82 Å². The number of rotatable bonds is 6. The number of anilines is 1. The highest BCUT2D eigenvalue weighted by molar-refractivity contribution is 8.00. The fourth-order valence-electron chi connectivity index (χ4n) is 2.95. The zero-order chi connectivity index (χ0) is 20.1. The van der Waals surface area contributed by atoms with Crippen LogP contribution in [0.15, 0.2) is 78.2 Å². The standard InChI is InChI=1S/C22H18N4O2S/c1-28-19-9-5-4-8-17(19)18-12-20(25-14-24-18)26-21(27)13-29-22-16-7-3-2-6-15(16)10-11-23-22/h2-12,14H,13H2,1H3,(H,24,25,26,27). The SMILES string of the molecule is COc1ccccc1-c1cc(NC(=O)CSc2nccc3ccccc23)ncn1. The monoisotopic (exact) mass is 402 g/mol. The maximum absolute atomic E-state index is 12.4. The molecule has 1 amide bonds. The minimum atomic E-state index is -0.158. The molecular weight excluding hydrogens is 384 g/mol. The molecule has 2 heterocycles. The highest BCUT2D eigenvalue weighted by Gasteiger charge is 2.11. The number of carbonyl (C=O) groups excluding carboxylic acids is 1. The molecule has 0 saturated carbocycles. The van der Waals surface area contributed by atoms with E-state index in [1.165, 1.54) is 18.1 Å². The Labute approximate surface area is 172 Å². The maximum atomic E-state index is 12.4. The van der Waals surface area contributed by atoms with Crippen LogP contribution in [-0.4, -0.2) is 33.7 Å². The Morgan fingerprint density at radius 2 is 1.86 bits per heavy atom. The molecule has 0 fully saturated rings. The first-order valence-electron chi connectivity index (χ1n) is 8.96. The van der Waals surface area contributed by atoms with Gasteiger partial charge in [0.2, 0.25) is 5.91 Å². The number of methoxy groups -OCH3 is 1. The van der Waals surface area contributed by atoms with E-state index in [-0.39, 0.29) is 11.7 Å². The van der Waals surface area contributed by atoms with Crippen LogP contribution < -0.4 is 10.1 Å². The van der Waals surface area contributed by atoms with E-state index >= 15 is 0 Å². The molecule has 0 saturated heterocycles. The van der Waals surface area contributed by atoms with Gasteiger partial charge >= 0.3 is 0 Å². The summed E-state index contributed by atoms with van der Waals surface area (Å²) in [7, 11) is 1.61. The fourth-order valence-corrected chi connectivity index (χ4v) is 3.77. The second kappa shape index (κ2) is 8.70. The Balaban J connectivity index is 1.46.